The third kappa shape index (κ3) is 9.58. The molecular formula is C58H52N2. The van der Waals surface area contributed by atoms with Crippen LogP contribution in [0.2, 0.25) is 0 Å². The van der Waals surface area contributed by atoms with Crippen molar-refractivity contribution in [3.8, 4) is 11.1 Å². The molecule has 0 unspecified atom stereocenters. The second-order valence-corrected chi connectivity index (χ2v) is 15.5. The number of rotatable bonds is 13. The summed E-state index contributed by atoms with van der Waals surface area (Å²) in [5.74, 6) is 0. The molecule has 8 aromatic rings. The van der Waals surface area contributed by atoms with Gasteiger partial charge in [0.05, 0.1) is 0 Å². The molecule has 8 aromatic carbocycles. The maximum atomic E-state index is 2.32. The lowest BCUT2D eigenvalue weighted by Crippen LogP contribution is -2.09. The number of hydrogen-bond donors (Lipinski definition) is 0. The largest absolute Gasteiger partial charge is 0.311 e. The van der Waals surface area contributed by atoms with Crippen LogP contribution in [0, 0.1) is 13.8 Å². The highest BCUT2D eigenvalue weighted by molar-refractivity contribution is 5.80. The first-order valence-corrected chi connectivity index (χ1v) is 21.1. The highest BCUT2D eigenvalue weighted by atomic mass is 15.1. The number of aryl methyl sites for hydroxylation is 4. The Morgan fingerprint density at radius 1 is 0.283 bits per heavy atom. The predicted molar refractivity (Wildman–Crippen MR) is 260 cm³/mol. The van der Waals surface area contributed by atoms with Gasteiger partial charge in [-0.1, -0.05) is 171 Å². The van der Waals surface area contributed by atoms with Crippen molar-refractivity contribution in [2.45, 2.75) is 40.5 Å². The molecule has 0 aromatic heterocycles. The summed E-state index contributed by atoms with van der Waals surface area (Å²) in [6.45, 7) is 8.65. The van der Waals surface area contributed by atoms with Gasteiger partial charge in [-0.2, -0.15) is 0 Å². The maximum absolute atomic E-state index is 2.32. The maximum Gasteiger partial charge on any atom is 0.0462 e. The second kappa shape index (κ2) is 18.6. The lowest BCUT2D eigenvalue weighted by molar-refractivity contribution is 1.14. The topological polar surface area (TPSA) is 6.48 Å². The minimum Gasteiger partial charge on any atom is -0.311 e. The summed E-state index contributed by atoms with van der Waals surface area (Å²) in [4.78, 5) is 4.64. The van der Waals surface area contributed by atoms with E-state index < -0.39 is 0 Å². The molecule has 0 N–H and O–H groups in total. The summed E-state index contributed by atoms with van der Waals surface area (Å²) in [5, 5.41) is 0. The number of nitrogens with zero attached hydrogens (tertiary/aromatic N) is 2. The fourth-order valence-electron chi connectivity index (χ4n) is 7.47. The molecule has 8 rings (SSSR count). The molecule has 0 aliphatic rings. The van der Waals surface area contributed by atoms with Crippen LogP contribution in [0.3, 0.4) is 0 Å². The summed E-state index contributed by atoms with van der Waals surface area (Å²) < 4.78 is 0. The van der Waals surface area contributed by atoms with Gasteiger partial charge < -0.3 is 9.80 Å². The van der Waals surface area contributed by atoms with Gasteiger partial charge in [0, 0.05) is 34.1 Å². The summed E-state index contributed by atoms with van der Waals surface area (Å²) in [7, 11) is 0. The number of hydrogen-bond acceptors (Lipinski definition) is 2. The van der Waals surface area contributed by atoms with Crippen molar-refractivity contribution in [3.05, 3.63) is 239 Å². The molecule has 0 heterocycles. The zero-order valence-corrected chi connectivity index (χ0v) is 35.1. The van der Waals surface area contributed by atoms with Crippen molar-refractivity contribution in [1.82, 2.24) is 0 Å². The minimum absolute atomic E-state index is 1.03. The highest BCUT2D eigenvalue weighted by Gasteiger charge is 2.14. The zero-order chi connectivity index (χ0) is 41.3. The lowest BCUT2D eigenvalue weighted by Gasteiger charge is -2.26. The van der Waals surface area contributed by atoms with Gasteiger partial charge in [-0.25, -0.2) is 0 Å². The molecule has 0 bridgehead atoms. The molecule has 0 aliphatic heterocycles. The molecule has 2 nitrogen and oxygen atoms in total. The second-order valence-electron chi connectivity index (χ2n) is 15.5. The Balaban J connectivity index is 0.908. The first-order chi connectivity index (χ1) is 29.4. The van der Waals surface area contributed by atoms with Gasteiger partial charge in [0.25, 0.3) is 0 Å². The Hall–Kier alpha value is -7.16. The summed E-state index contributed by atoms with van der Waals surface area (Å²) in [5.41, 5.74) is 19.1. The van der Waals surface area contributed by atoms with Gasteiger partial charge in [0.2, 0.25) is 0 Å². The summed E-state index contributed by atoms with van der Waals surface area (Å²) >= 11 is 0. The fraction of sp³-hybridized carbons (Fsp3) is 0.103. The Labute approximate surface area is 357 Å². The summed E-state index contributed by atoms with van der Waals surface area (Å²) in [6, 6.07) is 70.4. The SMILES string of the molecule is CCc1ccc(N(c2ccc(C)cc2)c2ccc(/C=C/c3ccc(-c4ccc(/C=C/c5ccc(N(c6ccc(C)cc6)c6ccc(CC)cc6)cc5)cc4)cc3)cc2)cc1. The van der Waals surface area contributed by atoms with Crippen LogP contribution >= 0.6 is 0 Å². The third-order valence-corrected chi connectivity index (χ3v) is 11.2. The molecule has 294 valence electrons. The first kappa shape index (κ1) is 39.7. The van der Waals surface area contributed by atoms with Gasteiger partial charge in [-0.3, -0.25) is 0 Å². The van der Waals surface area contributed by atoms with E-state index in [1.54, 1.807) is 0 Å². The van der Waals surface area contributed by atoms with Crippen molar-refractivity contribution in [1.29, 1.82) is 0 Å². The highest BCUT2D eigenvalue weighted by Crippen LogP contribution is 2.37. The zero-order valence-electron chi connectivity index (χ0n) is 35.1. The monoisotopic (exact) mass is 776 g/mol. The molecule has 0 amide bonds. The molecule has 0 saturated heterocycles. The molecule has 0 radical (unpaired) electrons. The molecular weight excluding hydrogens is 725 g/mol. The van der Waals surface area contributed by atoms with Crippen molar-refractivity contribution in [2.75, 3.05) is 9.80 Å². The average Bonchev–Trinajstić information content (AvgIpc) is 3.31. The van der Waals surface area contributed by atoms with E-state index in [0.29, 0.717) is 0 Å². The van der Waals surface area contributed by atoms with E-state index in [9.17, 15) is 0 Å². The molecule has 0 spiro atoms. The predicted octanol–water partition coefficient (Wildman–Crippen LogP) is 16.4. The van der Waals surface area contributed by atoms with Crippen molar-refractivity contribution < 1.29 is 0 Å². The lowest BCUT2D eigenvalue weighted by atomic mass is 10.0. The average molecular weight is 777 g/mol. The van der Waals surface area contributed by atoms with Crippen LogP contribution < -0.4 is 9.80 Å². The van der Waals surface area contributed by atoms with E-state index in [1.165, 1.54) is 44.5 Å². The normalized spacial score (nSPS) is 11.3. The van der Waals surface area contributed by atoms with Crippen LogP contribution in [0.15, 0.2) is 194 Å². The van der Waals surface area contributed by atoms with Gasteiger partial charge in [-0.05, 0) is 144 Å². The molecule has 0 atom stereocenters. The van der Waals surface area contributed by atoms with Crippen LogP contribution in [-0.2, 0) is 12.8 Å². The molecule has 60 heavy (non-hydrogen) atoms. The van der Waals surface area contributed by atoms with Gasteiger partial charge >= 0.3 is 0 Å². The summed E-state index contributed by atoms with van der Waals surface area (Å²) in [6.07, 6.45) is 10.8. The Morgan fingerprint density at radius 3 is 0.750 bits per heavy atom. The third-order valence-electron chi connectivity index (χ3n) is 11.2. The number of benzene rings is 8. The minimum atomic E-state index is 1.03. The standard InChI is InChI=1S/C58H52N2/c1-5-45-19-35-55(36-20-45)59(53-31-7-43(3)8-32-53)57-39-23-49(24-40-57)13-11-47-15-27-51(28-16-47)52-29-17-48(18-30-52)12-14-50-25-41-58(42-26-50)60(54-33-9-44(4)10-34-54)56-37-21-46(6-2)22-38-56/h7-42H,5-6H2,1-4H3/b13-11+,14-12+. The van der Waals surface area contributed by atoms with Crippen LogP contribution in [0.25, 0.3) is 35.4 Å². The Morgan fingerprint density at radius 2 is 0.500 bits per heavy atom. The van der Waals surface area contributed by atoms with Crippen molar-refractivity contribution >= 4 is 58.4 Å². The van der Waals surface area contributed by atoms with Gasteiger partial charge in [0.15, 0.2) is 0 Å². The molecule has 2 heteroatoms. The molecule has 0 saturated carbocycles. The van der Waals surface area contributed by atoms with Crippen LogP contribution in [0.4, 0.5) is 34.1 Å². The van der Waals surface area contributed by atoms with E-state index in [1.807, 2.05) is 0 Å². The van der Waals surface area contributed by atoms with Crippen LogP contribution in [-0.4, -0.2) is 0 Å². The van der Waals surface area contributed by atoms with E-state index in [-0.39, 0.29) is 0 Å². The quantitative estimate of drug-likeness (QED) is 0.108. The Kier molecular flexibility index (Phi) is 12.3. The van der Waals surface area contributed by atoms with Crippen LogP contribution in [0.5, 0.6) is 0 Å². The molecule has 0 aliphatic carbocycles. The van der Waals surface area contributed by atoms with E-state index in [2.05, 4.69) is 256 Å². The smallest absolute Gasteiger partial charge is 0.0462 e. The first-order valence-electron chi connectivity index (χ1n) is 21.1. The van der Waals surface area contributed by atoms with Gasteiger partial charge in [-0.15, -0.1) is 0 Å². The van der Waals surface area contributed by atoms with E-state index >= 15 is 0 Å². The van der Waals surface area contributed by atoms with Crippen LogP contribution in [0.1, 0.15) is 58.4 Å². The van der Waals surface area contributed by atoms with E-state index in [0.717, 1.165) is 58.1 Å². The molecule has 0 fully saturated rings. The number of anilines is 6. The fourth-order valence-corrected chi connectivity index (χ4v) is 7.47. The Bertz CT molecular complexity index is 2460. The van der Waals surface area contributed by atoms with Gasteiger partial charge in [0.1, 0.15) is 0 Å². The van der Waals surface area contributed by atoms with E-state index in [4.69, 9.17) is 0 Å². The van der Waals surface area contributed by atoms with Crippen molar-refractivity contribution in [2.24, 2.45) is 0 Å². The van der Waals surface area contributed by atoms with Crippen molar-refractivity contribution in [3.63, 3.8) is 0 Å².